The Morgan fingerprint density at radius 1 is 1.19 bits per heavy atom. The second-order valence-corrected chi connectivity index (χ2v) is 4.42. The van der Waals surface area contributed by atoms with E-state index in [0.29, 0.717) is 6.79 Å². The van der Waals surface area contributed by atoms with Gasteiger partial charge in [-0.3, -0.25) is 0 Å². The molecule has 1 aliphatic rings. The predicted octanol–water partition coefficient (Wildman–Crippen LogP) is -0.841. The Kier molecular flexibility index (Phi) is 3.08. The van der Waals surface area contributed by atoms with Gasteiger partial charge in [-0.15, -0.1) is 0 Å². The van der Waals surface area contributed by atoms with E-state index < -0.39 is 0 Å². The largest absolute Gasteiger partial charge is 1.00 e. The molecule has 2 heterocycles. The van der Waals surface area contributed by atoms with Gasteiger partial charge in [0.15, 0.2) is 23.9 Å². The van der Waals surface area contributed by atoms with Crippen molar-refractivity contribution in [3.8, 4) is 11.5 Å². The van der Waals surface area contributed by atoms with Gasteiger partial charge in [-0.2, -0.15) is 0 Å². The van der Waals surface area contributed by atoms with Crippen LogP contribution in [0.15, 0.2) is 29.0 Å². The lowest BCUT2D eigenvalue weighted by molar-refractivity contribution is -0.670. The molecule has 3 rings (SSSR count). The summed E-state index contributed by atoms with van der Waals surface area (Å²) in [5, 5.41) is 2.27. The van der Waals surface area contributed by atoms with Crippen LogP contribution in [0.1, 0.15) is 0 Å². The van der Waals surface area contributed by atoms with E-state index in [1.807, 2.05) is 29.9 Å². The highest BCUT2D eigenvalue weighted by Crippen LogP contribution is 2.37. The number of nitrogens with zero attached hydrogens (tertiary/aromatic N) is 1. The number of aromatic nitrogens is 1. The van der Waals surface area contributed by atoms with Crippen LogP contribution < -0.4 is 31.0 Å². The maximum Gasteiger partial charge on any atom is 0.231 e. The molecule has 0 atom stereocenters. The van der Waals surface area contributed by atoms with E-state index in [1.54, 1.807) is 0 Å². The van der Waals surface area contributed by atoms with Gasteiger partial charge in [-0.05, 0) is 28.1 Å². The van der Waals surface area contributed by atoms with Crippen LogP contribution in [-0.2, 0) is 7.05 Å². The van der Waals surface area contributed by atoms with Gasteiger partial charge in [-0.25, -0.2) is 4.57 Å². The van der Waals surface area contributed by atoms with Crippen LogP contribution in [0.2, 0.25) is 0 Å². The van der Waals surface area contributed by atoms with Crippen molar-refractivity contribution in [1.29, 1.82) is 0 Å². The SMILES string of the molecule is C[n+]1cc(Br)c2cc3c(cc2c1)OCO3.[Br-]. The predicted molar refractivity (Wildman–Crippen MR) is 58.9 cm³/mol. The first-order valence-electron chi connectivity index (χ1n) is 4.62. The third-order valence-electron chi connectivity index (χ3n) is 2.46. The molecule has 0 amide bonds. The van der Waals surface area contributed by atoms with Crippen molar-refractivity contribution in [2.75, 3.05) is 6.79 Å². The Morgan fingerprint density at radius 2 is 1.88 bits per heavy atom. The van der Waals surface area contributed by atoms with Crippen LogP contribution in [0.25, 0.3) is 10.8 Å². The maximum absolute atomic E-state index is 5.34. The molecule has 0 radical (unpaired) electrons. The molecule has 5 heteroatoms. The highest BCUT2D eigenvalue weighted by molar-refractivity contribution is 9.10. The number of rotatable bonds is 0. The fraction of sp³-hybridized carbons (Fsp3) is 0.182. The minimum atomic E-state index is 0. The zero-order valence-corrected chi connectivity index (χ0v) is 11.7. The Balaban J connectivity index is 0.000000963. The molecule has 3 nitrogen and oxygen atoms in total. The topological polar surface area (TPSA) is 22.3 Å². The molecule has 16 heavy (non-hydrogen) atoms. The van der Waals surface area contributed by atoms with E-state index in [2.05, 4.69) is 22.1 Å². The van der Waals surface area contributed by atoms with E-state index >= 15 is 0 Å². The van der Waals surface area contributed by atoms with Gasteiger partial charge in [0.25, 0.3) is 0 Å². The molecular weight excluding hydrogens is 338 g/mol. The zero-order valence-electron chi connectivity index (χ0n) is 8.54. The summed E-state index contributed by atoms with van der Waals surface area (Å²) in [5.74, 6) is 1.64. The molecule has 1 aromatic heterocycles. The van der Waals surface area contributed by atoms with Gasteiger partial charge in [0.2, 0.25) is 6.79 Å². The summed E-state index contributed by atoms with van der Waals surface area (Å²) in [5.41, 5.74) is 0. The molecule has 1 aromatic carbocycles. The first kappa shape index (κ1) is 11.7. The summed E-state index contributed by atoms with van der Waals surface area (Å²) in [4.78, 5) is 0. The summed E-state index contributed by atoms with van der Waals surface area (Å²) in [6.45, 7) is 0.315. The summed E-state index contributed by atoms with van der Waals surface area (Å²) >= 11 is 3.54. The van der Waals surface area contributed by atoms with Gasteiger partial charge in [0.05, 0.1) is 9.86 Å². The second-order valence-electron chi connectivity index (χ2n) is 3.56. The standard InChI is InChI=1S/C11H9BrNO2.BrH/c1-13-4-7-2-10-11(15-6-14-10)3-8(7)9(12)5-13;/h2-5H,6H2,1H3;1H/q+1;/p-1. The molecule has 0 unspecified atom stereocenters. The molecule has 1 aliphatic heterocycles. The molecule has 0 saturated heterocycles. The van der Waals surface area contributed by atoms with Crippen molar-refractivity contribution in [2.45, 2.75) is 0 Å². The smallest absolute Gasteiger partial charge is 0.231 e. The molecule has 2 aromatic rings. The van der Waals surface area contributed by atoms with Crippen molar-refractivity contribution in [3.05, 3.63) is 29.0 Å². The van der Waals surface area contributed by atoms with Crippen LogP contribution in [0.5, 0.6) is 11.5 Å². The lowest BCUT2D eigenvalue weighted by Crippen LogP contribution is -3.00. The maximum atomic E-state index is 5.34. The first-order valence-corrected chi connectivity index (χ1v) is 5.41. The summed E-state index contributed by atoms with van der Waals surface area (Å²) < 4.78 is 13.7. The Labute approximate surface area is 112 Å². The summed E-state index contributed by atoms with van der Waals surface area (Å²) in [6, 6.07) is 4.00. The zero-order chi connectivity index (χ0) is 10.4. The third kappa shape index (κ3) is 1.78. The van der Waals surface area contributed by atoms with Gasteiger partial charge < -0.3 is 26.5 Å². The highest BCUT2D eigenvalue weighted by Gasteiger charge is 2.16. The molecular formula is C11H9Br2NO2. The summed E-state index contributed by atoms with van der Waals surface area (Å²) in [7, 11) is 1.99. The average molecular weight is 347 g/mol. The number of benzene rings is 1. The fourth-order valence-corrected chi connectivity index (χ4v) is 2.44. The molecule has 0 aliphatic carbocycles. The van der Waals surface area contributed by atoms with E-state index in [4.69, 9.17) is 9.47 Å². The third-order valence-corrected chi connectivity index (χ3v) is 3.09. The summed E-state index contributed by atoms with van der Waals surface area (Å²) in [6.07, 6.45) is 4.08. The number of aryl methyl sites for hydroxylation is 1. The second kappa shape index (κ2) is 4.22. The van der Waals surface area contributed by atoms with Crippen LogP contribution in [0.4, 0.5) is 0 Å². The molecule has 0 fully saturated rings. The van der Waals surface area contributed by atoms with Crippen molar-refractivity contribution in [3.63, 3.8) is 0 Å². The van der Waals surface area contributed by atoms with Crippen molar-refractivity contribution < 1.29 is 31.0 Å². The molecule has 0 spiro atoms. The minimum absolute atomic E-state index is 0. The van der Waals surface area contributed by atoms with E-state index in [9.17, 15) is 0 Å². The average Bonchev–Trinajstić information content (AvgIpc) is 2.61. The van der Waals surface area contributed by atoms with Gasteiger partial charge in [-0.1, -0.05) is 0 Å². The van der Waals surface area contributed by atoms with Gasteiger partial charge in [0.1, 0.15) is 7.05 Å². The molecule has 84 valence electrons. The van der Waals surface area contributed by atoms with Crippen LogP contribution >= 0.6 is 15.9 Å². The Morgan fingerprint density at radius 3 is 2.62 bits per heavy atom. The Bertz CT molecular complexity index is 557. The quantitative estimate of drug-likeness (QED) is 0.580. The molecule has 0 N–H and O–H groups in total. The lowest BCUT2D eigenvalue weighted by Gasteiger charge is -2.01. The number of halogens is 2. The Hall–Kier alpha value is -0.810. The van der Waals surface area contributed by atoms with Crippen LogP contribution in [0, 0.1) is 0 Å². The van der Waals surface area contributed by atoms with E-state index in [0.717, 1.165) is 26.7 Å². The first-order chi connectivity index (χ1) is 7.24. The normalized spacial score (nSPS) is 12.6. The van der Waals surface area contributed by atoms with Crippen molar-refractivity contribution in [1.82, 2.24) is 0 Å². The highest BCUT2D eigenvalue weighted by atomic mass is 79.9. The van der Waals surface area contributed by atoms with Crippen LogP contribution in [0.3, 0.4) is 0 Å². The monoisotopic (exact) mass is 345 g/mol. The van der Waals surface area contributed by atoms with Gasteiger partial charge in [0, 0.05) is 5.39 Å². The van der Waals surface area contributed by atoms with Crippen molar-refractivity contribution in [2.24, 2.45) is 7.05 Å². The fourth-order valence-electron chi connectivity index (χ4n) is 1.78. The minimum Gasteiger partial charge on any atom is -1.00 e. The number of pyridine rings is 1. The molecule has 0 saturated carbocycles. The number of fused-ring (bicyclic) bond motifs is 2. The molecule has 0 bridgehead atoms. The lowest BCUT2D eigenvalue weighted by atomic mass is 10.1. The number of hydrogen-bond donors (Lipinski definition) is 0. The van der Waals surface area contributed by atoms with E-state index in [-0.39, 0.29) is 17.0 Å². The van der Waals surface area contributed by atoms with Crippen molar-refractivity contribution >= 4 is 26.7 Å². The number of ether oxygens (including phenoxy) is 2. The number of hydrogen-bond acceptors (Lipinski definition) is 2. The van der Waals surface area contributed by atoms with E-state index in [1.165, 1.54) is 0 Å². The van der Waals surface area contributed by atoms with Gasteiger partial charge >= 0.3 is 0 Å². The van der Waals surface area contributed by atoms with Crippen LogP contribution in [-0.4, -0.2) is 6.79 Å².